The quantitative estimate of drug-likeness (QED) is 0.772. The molecule has 0 atom stereocenters. The number of aliphatic hydroxyl groups excluding tert-OH is 1. The van der Waals surface area contributed by atoms with E-state index in [1.54, 1.807) is 12.1 Å². The lowest BCUT2D eigenvalue weighted by atomic mass is 9.85. The van der Waals surface area contributed by atoms with Crippen molar-refractivity contribution >= 4 is 11.4 Å². The number of nitrogens with zero attached hydrogens (tertiary/aromatic N) is 1. The lowest BCUT2D eigenvalue weighted by molar-refractivity contribution is 0.122. The molecule has 0 aliphatic heterocycles. The van der Waals surface area contributed by atoms with E-state index in [1.807, 2.05) is 6.92 Å². The Morgan fingerprint density at radius 2 is 1.88 bits per heavy atom. The highest BCUT2D eigenvalue weighted by Crippen LogP contribution is 2.35. The lowest BCUT2D eigenvalue weighted by Gasteiger charge is -2.24. The number of aliphatic imine (C=N–C) groups is 1. The largest absolute Gasteiger partial charge is 0.393 e. The summed E-state index contributed by atoms with van der Waals surface area (Å²) in [5.74, 6) is 0.248. The second kappa shape index (κ2) is 7.31. The molecule has 128 valence electrons. The summed E-state index contributed by atoms with van der Waals surface area (Å²) in [6.45, 7) is 4.07. The zero-order chi connectivity index (χ0) is 17.1. The van der Waals surface area contributed by atoms with Gasteiger partial charge in [0.05, 0.1) is 11.8 Å². The van der Waals surface area contributed by atoms with Crippen molar-refractivity contribution in [3.63, 3.8) is 0 Å². The van der Waals surface area contributed by atoms with Crippen LogP contribution in [-0.4, -0.2) is 21.9 Å². The molecule has 0 amide bonds. The molecule has 0 saturated heterocycles. The molecule has 1 saturated carbocycles. The van der Waals surface area contributed by atoms with E-state index in [0.29, 0.717) is 5.92 Å². The number of rotatable bonds is 4. The number of halogens is 1. The number of nitrogens with one attached hydrogen (secondary N) is 1. The molecule has 0 unspecified atom stereocenters. The summed E-state index contributed by atoms with van der Waals surface area (Å²) in [6, 6.07) is 8.59. The van der Waals surface area contributed by atoms with Gasteiger partial charge < -0.3 is 10.1 Å². The maximum Gasteiger partial charge on any atom is 0.123 e. The number of hydrogen-bond donors (Lipinski definition) is 2. The minimum Gasteiger partial charge on any atom is -0.393 e. The summed E-state index contributed by atoms with van der Waals surface area (Å²) in [6.07, 6.45) is 4.54. The van der Waals surface area contributed by atoms with E-state index in [4.69, 9.17) is 4.99 Å². The average molecular weight is 328 g/mol. The Morgan fingerprint density at radius 1 is 1.21 bits per heavy atom. The summed E-state index contributed by atoms with van der Waals surface area (Å²) in [4.78, 5) is 8.31. The summed E-state index contributed by atoms with van der Waals surface area (Å²) in [5, 5.41) is 9.69. The third-order valence-corrected chi connectivity index (χ3v) is 4.94. The first-order valence-corrected chi connectivity index (χ1v) is 8.78. The van der Waals surface area contributed by atoms with Crippen molar-refractivity contribution in [2.75, 3.05) is 0 Å². The summed E-state index contributed by atoms with van der Waals surface area (Å²) < 4.78 is 13.1. The van der Waals surface area contributed by atoms with Crippen LogP contribution in [0.3, 0.4) is 0 Å². The molecule has 4 heteroatoms. The van der Waals surface area contributed by atoms with E-state index in [0.717, 1.165) is 54.8 Å². The normalized spacial score (nSPS) is 21.9. The Bertz CT molecular complexity index is 710. The maximum atomic E-state index is 13.1. The zero-order valence-corrected chi connectivity index (χ0v) is 14.3. The molecule has 1 aromatic heterocycles. The zero-order valence-electron chi connectivity index (χ0n) is 14.3. The van der Waals surface area contributed by atoms with Crippen molar-refractivity contribution in [2.24, 2.45) is 4.99 Å². The summed E-state index contributed by atoms with van der Waals surface area (Å²) >= 11 is 0. The number of aromatic nitrogens is 1. The molecule has 1 aliphatic rings. The van der Waals surface area contributed by atoms with Crippen LogP contribution in [0.15, 0.2) is 35.3 Å². The minimum atomic E-state index is -0.232. The van der Waals surface area contributed by atoms with Crippen LogP contribution in [0, 0.1) is 5.82 Å². The second-order valence-corrected chi connectivity index (χ2v) is 6.65. The Morgan fingerprint density at radius 3 is 2.50 bits per heavy atom. The fourth-order valence-corrected chi connectivity index (χ4v) is 3.42. The molecule has 1 heterocycles. The molecule has 2 N–H and O–H groups in total. The van der Waals surface area contributed by atoms with Crippen LogP contribution in [0.1, 0.15) is 62.4 Å². The van der Waals surface area contributed by atoms with Gasteiger partial charge in [0.1, 0.15) is 5.82 Å². The van der Waals surface area contributed by atoms with Crippen LogP contribution in [0.25, 0.3) is 0 Å². The van der Waals surface area contributed by atoms with Gasteiger partial charge in [-0.05, 0) is 68.7 Å². The Kier molecular flexibility index (Phi) is 5.14. The second-order valence-electron chi connectivity index (χ2n) is 6.65. The predicted octanol–water partition coefficient (Wildman–Crippen LogP) is 4.88. The van der Waals surface area contributed by atoms with Gasteiger partial charge in [0, 0.05) is 17.1 Å². The van der Waals surface area contributed by atoms with Gasteiger partial charge in [0.15, 0.2) is 0 Å². The van der Waals surface area contributed by atoms with Crippen molar-refractivity contribution in [3.8, 4) is 0 Å². The predicted molar refractivity (Wildman–Crippen MR) is 95.7 cm³/mol. The van der Waals surface area contributed by atoms with Gasteiger partial charge in [-0.25, -0.2) is 4.39 Å². The maximum absolute atomic E-state index is 13.1. The number of aliphatic hydroxyl groups is 1. The fourth-order valence-electron chi connectivity index (χ4n) is 3.42. The molecule has 0 spiro atoms. The van der Waals surface area contributed by atoms with Crippen molar-refractivity contribution in [1.82, 2.24) is 4.98 Å². The van der Waals surface area contributed by atoms with Gasteiger partial charge in [-0.1, -0.05) is 19.1 Å². The van der Waals surface area contributed by atoms with Gasteiger partial charge in [0.25, 0.3) is 0 Å². The van der Waals surface area contributed by atoms with Crippen molar-refractivity contribution in [2.45, 2.75) is 58.0 Å². The minimum absolute atomic E-state index is 0.139. The Labute approximate surface area is 142 Å². The molecule has 24 heavy (non-hydrogen) atoms. The highest BCUT2D eigenvalue weighted by Gasteiger charge is 2.23. The number of H-pyrrole nitrogens is 1. The molecule has 3 nitrogen and oxygen atoms in total. The van der Waals surface area contributed by atoms with Gasteiger partial charge in [0.2, 0.25) is 0 Å². The number of benzene rings is 1. The third-order valence-electron chi connectivity index (χ3n) is 4.94. The first-order valence-electron chi connectivity index (χ1n) is 8.78. The smallest absolute Gasteiger partial charge is 0.123 e. The highest BCUT2D eigenvalue weighted by atomic mass is 19.1. The number of hydrogen-bond acceptors (Lipinski definition) is 2. The number of aryl methyl sites for hydroxylation is 1. The van der Waals surface area contributed by atoms with Gasteiger partial charge in [-0.2, -0.15) is 0 Å². The van der Waals surface area contributed by atoms with Crippen molar-refractivity contribution < 1.29 is 9.50 Å². The number of aromatic amines is 1. The topological polar surface area (TPSA) is 48.4 Å². The standard InChI is InChI=1S/C20H25FN2O/c1-3-18-20(22-13(2)14-4-8-16(21)9-5-14)12-19(23-18)15-6-10-17(24)11-7-15/h4-5,8-9,12,15,17,23-24H,3,6-7,10-11H2,1-2H3. The molecule has 0 bridgehead atoms. The van der Waals surface area contributed by atoms with E-state index in [-0.39, 0.29) is 11.9 Å². The van der Waals surface area contributed by atoms with Crippen LogP contribution in [0.4, 0.5) is 10.1 Å². The lowest BCUT2D eigenvalue weighted by Crippen LogP contribution is -2.17. The molecule has 1 aliphatic carbocycles. The van der Waals surface area contributed by atoms with Gasteiger partial charge in [-0.15, -0.1) is 0 Å². The summed E-state index contributed by atoms with van der Waals surface area (Å²) in [7, 11) is 0. The first-order chi connectivity index (χ1) is 11.6. The van der Waals surface area contributed by atoms with Crippen LogP contribution in [-0.2, 0) is 6.42 Å². The van der Waals surface area contributed by atoms with Crippen molar-refractivity contribution in [1.29, 1.82) is 0 Å². The molecule has 2 aromatic rings. The molecule has 3 rings (SSSR count). The molecule has 1 fully saturated rings. The Hall–Kier alpha value is -1.94. The van der Waals surface area contributed by atoms with E-state index < -0.39 is 0 Å². The van der Waals surface area contributed by atoms with Crippen LogP contribution in [0.2, 0.25) is 0 Å². The van der Waals surface area contributed by atoms with E-state index in [9.17, 15) is 9.50 Å². The van der Waals surface area contributed by atoms with Gasteiger partial charge >= 0.3 is 0 Å². The van der Waals surface area contributed by atoms with Crippen molar-refractivity contribution in [3.05, 3.63) is 53.1 Å². The molecule has 1 aromatic carbocycles. The SMILES string of the molecule is CCc1[nH]c(C2CCC(O)CC2)cc1N=C(C)c1ccc(F)cc1. The summed E-state index contributed by atoms with van der Waals surface area (Å²) in [5.41, 5.74) is 5.15. The van der Waals surface area contributed by atoms with E-state index >= 15 is 0 Å². The first kappa shape index (κ1) is 16.9. The van der Waals surface area contributed by atoms with Crippen LogP contribution in [0.5, 0.6) is 0 Å². The Balaban J connectivity index is 1.84. The van der Waals surface area contributed by atoms with Crippen LogP contribution < -0.4 is 0 Å². The molecule has 0 radical (unpaired) electrons. The molecular formula is C20H25FN2O. The van der Waals surface area contributed by atoms with Crippen LogP contribution >= 0.6 is 0 Å². The molecular weight excluding hydrogens is 303 g/mol. The average Bonchev–Trinajstić information content (AvgIpc) is 2.99. The third kappa shape index (κ3) is 3.75. The highest BCUT2D eigenvalue weighted by molar-refractivity contribution is 6.00. The monoisotopic (exact) mass is 328 g/mol. The van der Waals surface area contributed by atoms with E-state index in [2.05, 4.69) is 18.0 Å². The fraction of sp³-hybridized carbons (Fsp3) is 0.450. The van der Waals surface area contributed by atoms with Gasteiger partial charge in [-0.3, -0.25) is 4.99 Å². The van der Waals surface area contributed by atoms with E-state index in [1.165, 1.54) is 17.8 Å².